The average molecular weight is 245 g/mol. The Morgan fingerprint density at radius 3 is 2.94 bits per heavy atom. The van der Waals surface area contributed by atoms with Crippen molar-refractivity contribution >= 4 is 5.71 Å². The van der Waals surface area contributed by atoms with E-state index in [2.05, 4.69) is 10.3 Å². The Balaban J connectivity index is 2.05. The lowest BCUT2D eigenvalue weighted by atomic mass is 10.1. The number of hydrogen-bond acceptors (Lipinski definition) is 4. The number of rotatable bonds is 4. The molecule has 0 radical (unpaired) electrons. The Bertz CT molecular complexity index is 561. The van der Waals surface area contributed by atoms with Crippen LogP contribution >= 0.6 is 0 Å². The van der Waals surface area contributed by atoms with E-state index in [-0.39, 0.29) is 0 Å². The number of ether oxygens (including phenoxy) is 1. The first-order valence-electron chi connectivity index (χ1n) is 5.59. The van der Waals surface area contributed by atoms with E-state index in [9.17, 15) is 0 Å². The number of nitrogens with zero attached hydrogens (tertiary/aromatic N) is 3. The van der Waals surface area contributed by atoms with Crippen molar-refractivity contribution in [2.75, 3.05) is 0 Å². The van der Waals surface area contributed by atoms with E-state index in [4.69, 9.17) is 9.94 Å². The van der Waals surface area contributed by atoms with Gasteiger partial charge in [-0.3, -0.25) is 4.68 Å². The summed E-state index contributed by atoms with van der Waals surface area (Å²) in [6, 6.07) is 9.32. The molecular formula is C13H15N3O2. The van der Waals surface area contributed by atoms with Gasteiger partial charge in [-0.1, -0.05) is 17.3 Å². The molecule has 0 bridgehead atoms. The predicted octanol–water partition coefficient (Wildman–Crippen LogP) is 2.20. The summed E-state index contributed by atoms with van der Waals surface area (Å²) in [6.45, 7) is 2.15. The molecule has 0 spiro atoms. The molecule has 0 fully saturated rings. The molecule has 5 nitrogen and oxygen atoms in total. The van der Waals surface area contributed by atoms with E-state index in [0.29, 0.717) is 12.3 Å². The molecule has 0 aliphatic heterocycles. The zero-order valence-electron chi connectivity index (χ0n) is 10.4. The molecule has 2 rings (SSSR count). The van der Waals surface area contributed by atoms with Crippen molar-refractivity contribution in [2.24, 2.45) is 12.2 Å². The Morgan fingerprint density at radius 1 is 1.44 bits per heavy atom. The number of oxime groups is 1. The third-order valence-electron chi connectivity index (χ3n) is 2.56. The van der Waals surface area contributed by atoms with Crippen molar-refractivity contribution in [1.29, 1.82) is 0 Å². The number of aryl methyl sites for hydroxylation is 1. The number of hydrogen-bond donors (Lipinski definition) is 1. The summed E-state index contributed by atoms with van der Waals surface area (Å²) in [5.74, 6) is 0.723. The highest BCUT2D eigenvalue weighted by Gasteiger charge is 2.02. The van der Waals surface area contributed by atoms with Gasteiger partial charge in [-0.15, -0.1) is 0 Å². The third-order valence-corrected chi connectivity index (χ3v) is 2.56. The lowest BCUT2D eigenvalue weighted by molar-refractivity contribution is 0.300. The molecule has 1 aromatic heterocycles. The normalized spacial score (nSPS) is 11.6. The van der Waals surface area contributed by atoms with Crippen LogP contribution in [0.4, 0.5) is 0 Å². The van der Waals surface area contributed by atoms with Crippen molar-refractivity contribution in [1.82, 2.24) is 9.78 Å². The largest absolute Gasteiger partial charge is 0.487 e. The van der Waals surface area contributed by atoms with Crippen LogP contribution in [0.5, 0.6) is 5.75 Å². The molecule has 0 saturated carbocycles. The van der Waals surface area contributed by atoms with Gasteiger partial charge in [0.2, 0.25) is 0 Å². The van der Waals surface area contributed by atoms with Gasteiger partial charge >= 0.3 is 0 Å². The summed E-state index contributed by atoms with van der Waals surface area (Å²) >= 11 is 0. The SMILES string of the molecule is C/C(=N/O)c1cccc(OCc2ccn(C)n2)c1. The molecule has 94 valence electrons. The highest BCUT2D eigenvalue weighted by atomic mass is 16.5. The van der Waals surface area contributed by atoms with Gasteiger partial charge in [0.05, 0.1) is 11.4 Å². The smallest absolute Gasteiger partial charge is 0.132 e. The Kier molecular flexibility index (Phi) is 3.62. The monoisotopic (exact) mass is 245 g/mol. The van der Waals surface area contributed by atoms with Gasteiger partial charge in [0, 0.05) is 18.8 Å². The first-order valence-corrected chi connectivity index (χ1v) is 5.59. The Morgan fingerprint density at radius 2 is 2.28 bits per heavy atom. The fraction of sp³-hybridized carbons (Fsp3) is 0.231. The van der Waals surface area contributed by atoms with Crippen LogP contribution in [-0.4, -0.2) is 20.7 Å². The summed E-state index contributed by atoms with van der Waals surface area (Å²) in [5, 5.41) is 16.1. The van der Waals surface area contributed by atoms with Crippen LogP contribution in [-0.2, 0) is 13.7 Å². The van der Waals surface area contributed by atoms with Gasteiger partial charge in [0.15, 0.2) is 0 Å². The van der Waals surface area contributed by atoms with Gasteiger partial charge in [0.25, 0.3) is 0 Å². The van der Waals surface area contributed by atoms with Crippen LogP contribution in [0, 0.1) is 0 Å². The van der Waals surface area contributed by atoms with Crippen LogP contribution in [0.3, 0.4) is 0 Å². The minimum absolute atomic E-state index is 0.416. The zero-order chi connectivity index (χ0) is 13.0. The van der Waals surface area contributed by atoms with E-state index in [1.165, 1.54) is 0 Å². The molecule has 2 aromatic rings. The summed E-state index contributed by atoms with van der Waals surface area (Å²) in [6.07, 6.45) is 1.87. The maximum Gasteiger partial charge on any atom is 0.132 e. The molecule has 0 unspecified atom stereocenters. The molecule has 0 aliphatic rings. The topological polar surface area (TPSA) is 59.6 Å². The maximum absolute atomic E-state index is 8.72. The summed E-state index contributed by atoms with van der Waals surface area (Å²) < 4.78 is 7.36. The van der Waals surface area contributed by atoms with E-state index in [1.807, 2.05) is 43.6 Å². The Hall–Kier alpha value is -2.30. The summed E-state index contributed by atoms with van der Waals surface area (Å²) in [7, 11) is 1.87. The molecule has 5 heteroatoms. The second kappa shape index (κ2) is 5.35. The molecule has 1 aromatic carbocycles. The van der Waals surface area contributed by atoms with Gasteiger partial charge in [-0.05, 0) is 25.1 Å². The van der Waals surface area contributed by atoms with Crippen molar-refractivity contribution < 1.29 is 9.94 Å². The molecule has 1 heterocycles. The molecule has 0 amide bonds. The van der Waals surface area contributed by atoms with Gasteiger partial charge in [-0.25, -0.2) is 0 Å². The van der Waals surface area contributed by atoms with Crippen molar-refractivity contribution in [2.45, 2.75) is 13.5 Å². The first kappa shape index (κ1) is 12.2. The molecule has 0 saturated heterocycles. The summed E-state index contributed by atoms with van der Waals surface area (Å²) in [4.78, 5) is 0. The highest BCUT2D eigenvalue weighted by Crippen LogP contribution is 2.15. The Labute approximate surface area is 105 Å². The maximum atomic E-state index is 8.72. The second-order valence-corrected chi connectivity index (χ2v) is 3.98. The molecule has 1 N–H and O–H groups in total. The quantitative estimate of drug-likeness (QED) is 0.510. The van der Waals surface area contributed by atoms with Crippen LogP contribution < -0.4 is 4.74 Å². The van der Waals surface area contributed by atoms with E-state index >= 15 is 0 Å². The fourth-order valence-corrected chi connectivity index (χ4v) is 1.57. The third kappa shape index (κ3) is 2.88. The van der Waals surface area contributed by atoms with Crippen molar-refractivity contribution in [3.05, 3.63) is 47.8 Å². The van der Waals surface area contributed by atoms with E-state index in [0.717, 1.165) is 17.0 Å². The number of benzene rings is 1. The first-order chi connectivity index (χ1) is 8.69. The zero-order valence-corrected chi connectivity index (χ0v) is 10.4. The molecule has 0 atom stereocenters. The minimum atomic E-state index is 0.416. The second-order valence-electron chi connectivity index (χ2n) is 3.98. The number of aromatic nitrogens is 2. The lowest BCUT2D eigenvalue weighted by Gasteiger charge is -2.06. The minimum Gasteiger partial charge on any atom is -0.487 e. The van der Waals surface area contributed by atoms with Crippen LogP contribution in [0.1, 0.15) is 18.2 Å². The van der Waals surface area contributed by atoms with Gasteiger partial charge < -0.3 is 9.94 Å². The van der Waals surface area contributed by atoms with Crippen LogP contribution in [0.25, 0.3) is 0 Å². The van der Waals surface area contributed by atoms with E-state index in [1.54, 1.807) is 11.6 Å². The van der Waals surface area contributed by atoms with Crippen molar-refractivity contribution in [3.63, 3.8) is 0 Å². The highest BCUT2D eigenvalue weighted by molar-refractivity contribution is 5.98. The molecule has 18 heavy (non-hydrogen) atoms. The van der Waals surface area contributed by atoms with Crippen LogP contribution in [0.2, 0.25) is 0 Å². The molecule has 0 aliphatic carbocycles. The lowest BCUT2D eigenvalue weighted by Crippen LogP contribution is -1.99. The summed E-state index contributed by atoms with van der Waals surface area (Å²) in [5.41, 5.74) is 2.25. The molecular weight excluding hydrogens is 230 g/mol. The van der Waals surface area contributed by atoms with Crippen molar-refractivity contribution in [3.8, 4) is 5.75 Å². The van der Waals surface area contributed by atoms with Crippen LogP contribution in [0.15, 0.2) is 41.7 Å². The fourth-order valence-electron chi connectivity index (χ4n) is 1.57. The predicted molar refractivity (Wildman–Crippen MR) is 68.0 cm³/mol. The standard InChI is InChI=1S/C13H15N3O2/c1-10(15-17)11-4-3-5-13(8-11)18-9-12-6-7-16(2)14-12/h3-8,17H,9H2,1-2H3/b15-10-. The van der Waals surface area contributed by atoms with Gasteiger partial charge in [-0.2, -0.15) is 5.10 Å². The van der Waals surface area contributed by atoms with E-state index < -0.39 is 0 Å². The average Bonchev–Trinajstić information content (AvgIpc) is 2.81. The van der Waals surface area contributed by atoms with Gasteiger partial charge in [0.1, 0.15) is 12.4 Å².